The molecule has 22 heavy (non-hydrogen) atoms. The van der Waals surface area contributed by atoms with Crippen LogP contribution in [0.5, 0.6) is 5.75 Å². The number of halogens is 2. The molecule has 2 aromatic rings. The number of fused-ring (bicyclic) bond motifs is 1. The molecule has 0 spiro atoms. The minimum atomic E-state index is 0.00574. The third kappa shape index (κ3) is 3.16. The Morgan fingerprint density at radius 3 is 3.09 bits per heavy atom. The van der Waals surface area contributed by atoms with Crippen LogP contribution in [0.1, 0.15) is 23.4 Å². The van der Waals surface area contributed by atoms with Gasteiger partial charge in [0.1, 0.15) is 5.75 Å². The fourth-order valence-electron chi connectivity index (χ4n) is 2.66. The first-order chi connectivity index (χ1) is 10.6. The van der Waals surface area contributed by atoms with Crippen molar-refractivity contribution < 1.29 is 9.53 Å². The van der Waals surface area contributed by atoms with Crippen molar-refractivity contribution in [2.45, 2.75) is 19.4 Å². The van der Waals surface area contributed by atoms with Crippen molar-refractivity contribution in [1.29, 1.82) is 0 Å². The Bertz CT molecular complexity index is 703. The van der Waals surface area contributed by atoms with Gasteiger partial charge in [-0.05, 0) is 64.5 Å². The van der Waals surface area contributed by atoms with E-state index in [4.69, 9.17) is 16.3 Å². The average molecular weight is 401 g/mol. The number of benzene rings is 1. The zero-order valence-corrected chi connectivity index (χ0v) is 15.2. The van der Waals surface area contributed by atoms with E-state index in [0.29, 0.717) is 10.8 Å². The van der Waals surface area contributed by atoms with Crippen LogP contribution in [0.4, 0.5) is 0 Å². The Balaban J connectivity index is 1.65. The first kappa shape index (κ1) is 15.8. The summed E-state index contributed by atoms with van der Waals surface area (Å²) in [7, 11) is 0. The lowest BCUT2D eigenvalue weighted by atomic mass is 10.0. The number of thiophene rings is 1. The quantitative estimate of drug-likeness (QED) is 0.748. The fourth-order valence-corrected chi connectivity index (χ4v) is 4.42. The van der Waals surface area contributed by atoms with Gasteiger partial charge in [0.05, 0.1) is 10.5 Å². The molecule has 0 radical (unpaired) electrons. The number of amides is 1. The fraction of sp³-hybridized carbons (Fsp3) is 0.312. The highest BCUT2D eigenvalue weighted by Crippen LogP contribution is 2.33. The minimum absolute atomic E-state index is 0.00574. The summed E-state index contributed by atoms with van der Waals surface area (Å²) >= 11 is 11.1. The van der Waals surface area contributed by atoms with Gasteiger partial charge in [-0.25, -0.2) is 0 Å². The second-order valence-electron chi connectivity index (χ2n) is 5.18. The van der Waals surface area contributed by atoms with Crippen LogP contribution in [0, 0.1) is 0 Å². The average Bonchev–Trinajstić information content (AvgIpc) is 2.96. The monoisotopic (exact) mass is 399 g/mol. The molecule has 0 saturated carbocycles. The molecular formula is C16H15BrClNO2S. The summed E-state index contributed by atoms with van der Waals surface area (Å²) in [6.45, 7) is 2.85. The van der Waals surface area contributed by atoms with Crippen molar-refractivity contribution in [3.05, 3.63) is 49.6 Å². The predicted octanol–water partition coefficient (Wildman–Crippen LogP) is 4.69. The Morgan fingerprint density at radius 2 is 2.32 bits per heavy atom. The van der Waals surface area contributed by atoms with E-state index in [1.807, 2.05) is 4.90 Å². The van der Waals surface area contributed by atoms with Crippen LogP contribution in [0.2, 0.25) is 5.02 Å². The van der Waals surface area contributed by atoms with Gasteiger partial charge >= 0.3 is 0 Å². The van der Waals surface area contributed by atoms with Crippen molar-refractivity contribution in [2.24, 2.45) is 0 Å². The Labute approximate surface area is 147 Å². The van der Waals surface area contributed by atoms with Gasteiger partial charge in [-0.15, -0.1) is 11.3 Å². The van der Waals surface area contributed by atoms with Crippen molar-refractivity contribution in [3.8, 4) is 5.75 Å². The molecule has 1 amide bonds. The van der Waals surface area contributed by atoms with E-state index in [9.17, 15) is 4.79 Å². The molecular weight excluding hydrogens is 386 g/mol. The maximum atomic E-state index is 12.5. The molecule has 0 aliphatic carbocycles. The van der Waals surface area contributed by atoms with Gasteiger partial charge in [0.25, 0.3) is 5.91 Å². The highest BCUT2D eigenvalue weighted by molar-refractivity contribution is 9.10. The Hall–Kier alpha value is -1.04. The maximum Gasteiger partial charge on any atom is 0.261 e. The third-order valence-electron chi connectivity index (χ3n) is 3.84. The first-order valence-electron chi connectivity index (χ1n) is 7.00. The van der Waals surface area contributed by atoms with Crippen molar-refractivity contribution in [2.75, 3.05) is 13.2 Å². The third-order valence-corrected chi connectivity index (χ3v) is 5.69. The molecule has 2 heterocycles. The first-order valence-corrected chi connectivity index (χ1v) is 9.05. The minimum Gasteiger partial charge on any atom is -0.483 e. The summed E-state index contributed by atoms with van der Waals surface area (Å²) in [6, 6.07) is 7.48. The molecule has 1 aliphatic rings. The summed E-state index contributed by atoms with van der Waals surface area (Å²) in [6.07, 6.45) is 0.924. The molecule has 116 valence electrons. The highest BCUT2D eigenvalue weighted by Gasteiger charge is 2.28. The van der Waals surface area contributed by atoms with Gasteiger partial charge in [-0.1, -0.05) is 11.6 Å². The molecule has 0 fully saturated rings. The molecule has 0 saturated heterocycles. The van der Waals surface area contributed by atoms with Crippen LogP contribution in [0.15, 0.2) is 34.1 Å². The van der Waals surface area contributed by atoms with E-state index in [2.05, 4.69) is 34.3 Å². The summed E-state index contributed by atoms with van der Waals surface area (Å²) < 4.78 is 6.38. The number of rotatable bonds is 3. The molecule has 3 nitrogen and oxygen atoms in total. The van der Waals surface area contributed by atoms with E-state index in [-0.39, 0.29) is 18.6 Å². The SMILES string of the molecule is C[C@@H]1c2ccsc2CCN1C(=O)COc1ccc(Cl)cc1Br. The number of hydrogen-bond acceptors (Lipinski definition) is 3. The van der Waals surface area contributed by atoms with Gasteiger partial charge in [-0.2, -0.15) is 0 Å². The lowest BCUT2D eigenvalue weighted by molar-refractivity contribution is -0.135. The Morgan fingerprint density at radius 1 is 1.50 bits per heavy atom. The predicted molar refractivity (Wildman–Crippen MR) is 92.8 cm³/mol. The number of carbonyl (C=O) groups excluding carboxylic acids is 1. The lowest BCUT2D eigenvalue weighted by Crippen LogP contribution is -2.40. The zero-order chi connectivity index (χ0) is 15.7. The maximum absolute atomic E-state index is 12.5. The second kappa shape index (κ2) is 6.60. The molecule has 3 rings (SSSR count). The lowest BCUT2D eigenvalue weighted by Gasteiger charge is -2.33. The van der Waals surface area contributed by atoms with Crippen LogP contribution in [0.3, 0.4) is 0 Å². The molecule has 1 atom stereocenters. The van der Waals surface area contributed by atoms with Crippen LogP contribution in [-0.4, -0.2) is 24.0 Å². The summed E-state index contributed by atoms with van der Waals surface area (Å²) in [5.74, 6) is 0.629. The molecule has 0 unspecified atom stereocenters. The molecule has 0 N–H and O–H groups in total. The van der Waals surface area contributed by atoms with Gasteiger partial charge in [0, 0.05) is 16.4 Å². The normalized spacial score (nSPS) is 17.2. The summed E-state index contributed by atoms with van der Waals surface area (Å²) in [5, 5.41) is 2.72. The van der Waals surface area contributed by atoms with Gasteiger partial charge < -0.3 is 9.64 Å². The van der Waals surface area contributed by atoms with Crippen molar-refractivity contribution in [3.63, 3.8) is 0 Å². The molecule has 1 aromatic heterocycles. The van der Waals surface area contributed by atoms with E-state index < -0.39 is 0 Å². The number of hydrogen-bond donors (Lipinski definition) is 0. The van der Waals surface area contributed by atoms with E-state index in [0.717, 1.165) is 17.4 Å². The number of ether oxygens (including phenoxy) is 1. The molecule has 6 heteroatoms. The topological polar surface area (TPSA) is 29.5 Å². The number of carbonyl (C=O) groups is 1. The van der Waals surface area contributed by atoms with Crippen molar-refractivity contribution >= 4 is 44.8 Å². The van der Waals surface area contributed by atoms with Gasteiger partial charge in [0.2, 0.25) is 0 Å². The van der Waals surface area contributed by atoms with Crippen LogP contribution in [0.25, 0.3) is 0 Å². The van der Waals surface area contributed by atoms with Crippen LogP contribution >= 0.6 is 38.9 Å². The number of nitrogens with zero attached hydrogens (tertiary/aromatic N) is 1. The standard InChI is InChI=1S/C16H15BrClNO2S/c1-10-12-5-7-22-15(12)4-6-19(10)16(20)9-21-14-3-2-11(18)8-13(14)17/h2-3,5,7-8,10H,4,6,9H2,1H3/t10-/m1/s1. The molecule has 1 aromatic carbocycles. The Kier molecular flexibility index (Phi) is 4.76. The second-order valence-corrected chi connectivity index (χ2v) is 7.47. The molecule has 1 aliphatic heterocycles. The van der Waals surface area contributed by atoms with E-state index >= 15 is 0 Å². The summed E-state index contributed by atoms with van der Waals surface area (Å²) in [4.78, 5) is 15.7. The van der Waals surface area contributed by atoms with Crippen LogP contribution in [-0.2, 0) is 11.2 Å². The van der Waals surface area contributed by atoms with Crippen molar-refractivity contribution in [1.82, 2.24) is 4.90 Å². The van der Waals surface area contributed by atoms with Gasteiger partial charge in [0.15, 0.2) is 6.61 Å². The highest BCUT2D eigenvalue weighted by atomic mass is 79.9. The smallest absolute Gasteiger partial charge is 0.261 e. The zero-order valence-electron chi connectivity index (χ0n) is 12.0. The largest absolute Gasteiger partial charge is 0.483 e. The summed E-state index contributed by atoms with van der Waals surface area (Å²) in [5.41, 5.74) is 1.26. The molecule has 0 bridgehead atoms. The van der Waals surface area contributed by atoms with Gasteiger partial charge in [-0.3, -0.25) is 4.79 Å². The van der Waals surface area contributed by atoms with Crippen LogP contribution < -0.4 is 4.74 Å². The van der Waals surface area contributed by atoms with E-state index in [1.165, 1.54) is 10.4 Å². The van der Waals surface area contributed by atoms with E-state index in [1.54, 1.807) is 29.5 Å².